The zero-order valence-electron chi connectivity index (χ0n) is 11.6. The lowest BCUT2D eigenvalue weighted by molar-refractivity contribution is -0.183. The van der Waals surface area contributed by atoms with Crippen molar-refractivity contribution in [2.75, 3.05) is 19.8 Å². The van der Waals surface area contributed by atoms with Crippen molar-refractivity contribution in [1.29, 1.82) is 0 Å². The maximum atomic E-state index is 12.9. The summed E-state index contributed by atoms with van der Waals surface area (Å²) >= 11 is 0. The van der Waals surface area contributed by atoms with Crippen molar-refractivity contribution in [3.05, 3.63) is 23.8 Å². The molecule has 1 fully saturated rings. The van der Waals surface area contributed by atoms with Crippen molar-refractivity contribution in [3.63, 3.8) is 0 Å². The molecule has 1 N–H and O–H groups in total. The van der Waals surface area contributed by atoms with Crippen LogP contribution in [0.25, 0.3) is 0 Å². The molecule has 0 spiro atoms. The average molecular weight is 301 g/mol. The lowest BCUT2D eigenvalue weighted by Gasteiger charge is -2.32. The van der Waals surface area contributed by atoms with Gasteiger partial charge in [-0.05, 0) is 37.1 Å². The first-order valence-corrected chi connectivity index (χ1v) is 7.23. The summed E-state index contributed by atoms with van der Waals surface area (Å²) in [6.45, 7) is 1.55. The van der Waals surface area contributed by atoms with E-state index in [2.05, 4.69) is 5.32 Å². The Morgan fingerprint density at radius 2 is 1.86 bits per heavy atom. The van der Waals surface area contributed by atoms with Crippen LogP contribution in [0.4, 0.5) is 13.2 Å². The minimum absolute atomic E-state index is 0.0726. The summed E-state index contributed by atoms with van der Waals surface area (Å²) in [5.41, 5.74) is 0.827. The van der Waals surface area contributed by atoms with Crippen LogP contribution in [-0.4, -0.2) is 25.9 Å². The van der Waals surface area contributed by atoms with E-state index in [9.17, 15) is 13.2 Å². The molecule has 0 amide bonds. The largest absolute Gasteiger partial charge is 0.490 e. The average Bonchev–Trinajstić information content (AvgIpc) is 2.71. The number of hydrogen-bond acceptors (Lipinski definition) is 3. The van der Waals surface area contributed by atoms with Crippen LogP contribution >= 0.6 is 0 Å². The molecular formula is C15H18F3NO2. The number of alkyl halides is 3. The van der Waals surface area contributed by atoms with Crippen molar-refractivity contribution >= 4 is 0 Å². The molecule has 2 atom stereocenters. The van der Waals surface area contributed by atoms with E-state index >= 15 is 0 Å². The number of hydrogen-bond donors (Lipinski definition) is 1. The van der Waals surface area contributed by atoms with Gasteiger partial charge in [0, 0.05) is 12.5 Å². The first-order chi connectivity index (χ1) is 10.0. The maximum Gasteiger partial charge on any atom is 0.391 e. The number of benzene rings is 1. The van der Waals surface area contributed by atoms with E-state index in [1.165, 1.54) is 0 Å². The van der Waals surface area contributed by atoms with Gasteiger partial charge in [-0.1, -0.05) is 6.07 Å². The van der Waals surface area contributed by atoms with Gasteiger partial charge in [0.15, 0.2) is 11.5 Å². The van der Waals surface area contributed by atoms with Crippen molar-refractivity contribution < 1.29 is 22.6 Å². The van der Waals surface area contributed by atoms with Gasteiger partial charge >= 0.3 is 6.18 Å². The fourth-order valence-corrected chi connectivity index (χ4v) is 2.87. The van der Waals surface area contributed by atoms with Crippen molar-refractivity contribution in [3.8, 4) is 11.5 Å². The summed E-state index contributed by atoms with van der Waals surface area (Å²) in [7, 11) is 0. The van der Waals surface area contributed by atoms with E-state index in [0.29, 0.717) is 31.3 Å². The predicted molar refractivity (Wildman–Crippen MR) is 71.6 cm³/mol. The second-order valence-corrected chi connectivity index (χ2v) is 5.53. The van der Waals surface area contributed by atoms with Crippen LogP contribution in [0.5, 0.6) is 11.5 Å². The van der Waals surface area contributed by atoms with Crippen LogP contribution in [0, 0.1) is 5.92 Å². The van der Waals surface area contributed by atoms with Crippen molar-refractivity contribution in [2.24, 2.45) is 5.92 Å². The molecule has 0 aromatic heterocycles. The molecule has 0 radical (unpaired) electrons. The standard InChI is InChI=1S/C15H18F3NO2/c16-15(17,18)11-4-5-19-12(9-11)10-2-3-13-14(8-10)21-7-1-6-20-13/h2-3,8,11-12,19H,1,4-7,9H2. The molecule has 3 rings (SSSR count). The van der Waals surface area contributed by atoms with E-state index in [0.717, 1.165) is 12.0 Å². The molecule has 0 bridgehead atoms. The van der Waals surface area contributed by atoms with E-state index < -0.39 is 12.1 Å². The van der Waals surface area contributed by atoms with Crippen LogP contribution in [-0.2, 0) is 0 Å². The van der Waals surface area contributed by atoms with E-state index in [4.69, 9.17) is 9.47 Å². The summed E-state index contributed by atoms with van der Waals surface area (Å²) in [5, 5.41) is 3.16. The molecule has 2 unspecified atom stereocenters. The molecule has 1 aromatic rings. The van der Waals surface area contributed by atoms with Crippen LogP contribution in [0.1, 0.15) is 30.9 Å². The molecule has 0 saturated carbocycles. The molecule has 2 aliphatic rings. The summed E-state index contributed by atoms with van der Waals surface area (Å²) < 4.78 is 49.8. The first-order valence-electron chi connectivity index (χ1n) is 7.23. The van der Waals surface area contributed by atoms with Crippen LogP contribution in [0.2, 0.25) is 0 Å². The minimum atomic E-state index is -4.12. The smallest absolute Gasteiger partial charge is 0.391 e. The van der Waals surface area contributed by atoms with E-state index in [1.807, 2.05) is 6.07 Å². The number of halogens is 3. The van der Waals surface area contributed by atoms with Crippen LogP contribution in [0.3, 0.4) is 0 Å². The molecule has 3 nitrogen and oxygen atoms in total. The highest BCUT2D eigenvalue weighted by Gasteiger charge is 2.42. The topological polar surface area (TPSA) is 30.5 Å². The van der Waals surface area contributed by atoms with Crippen molar-refractivity contribution in [1.82, 2.24) is 5.32 Å². The van der Waals surface area contributed by atoms with Gasteiger partial charge in [0.1, 0.15) is 0 Å². The van der Waals surface area contributed by atoms with E-state index in [-0.39, 0.29) is 18.9 Å². The first kappa shape index (κ1) is 14.5. The quantitative estimate of drug-likeness (QED) is 0.862. The second kappa shape index (κ2) is 5.75. The summed E-state index contributed by atoms with van der Waals surface area (Å²) in [4.78, 5) is 0. The Morgan fingerprint density at radius 3 is 2.62 bits per heavy atom. The predicted octanol–water partition coefficient (Wildman–Crippen LogP) is 3.45. The third kappa shape index (κ3) is 3.26. The van der Waals surface area contributed by atoms with Gasteiger partial charge in [-0.15, -0.1) is 0 Å². The monoisotopic (exact) mass is 301 g/mol. The zero-order valence-corrected chi connectivity index (χ0v) is 11.6. The van der Waals surface area contributed by atoms with Gasteiger partial charge in [0.25, 0.3) is 0 Å². The third-order valence-corrected chi connectivity index (χ3v) is 4.04. The Balaban J connectivity index is 1.79. The molecule has 2 aliphatic heterocycles. The van der Waals surface area contributed by atoms with Gasteiger partial charge in [-0.25, -0.2) is 0 Å². The number of rotatable bonds is 1. The highest BCUT2D eigenvalue weighted by atomic mass is 19.4. The third-order valence-electron chi connectivity index (χ3n) is 4.04. The molecular weight excluding hydrogens is 283 g/mol. The van der Waals surface area contributed by atoms with Crippen LogP contribution < -0.4 is 14.8 Å². The number of nitrogens with one attached hydrogen (secondary N) is 1. The fraction of sp³-hybridized carbons (Fsp3) is 0.600. The van der Waals surface area contributed by atoms with E-state index in [1.54, 1.807) is 12.1 Å². The lowest BCUT2D eigenvalue weighted by atomic mass is 9.88. The zero-order chi connectivity index (χ0) is 14.9. The molecule has 2 heterocycles. The summed E-state index contributed by atoms with van der Waals surface area (Å²) in [6, 6.07) is 5.12. The fourth-order valence-electron chi connectivity index (χ4n) is 2.87. The molecule has 116 valence electrons. The molecule has 0 aliphatic carbocycles. The highest BCUT2D eigenvalue weighted by Crippen LogP contribution is 2.40. The van der Waals surface area contributed by atoms with Crippen LogP contribution in [0.15, 0.2) is 18.2 Å². The van der Waals surface area contributed by atoms with Gasteiger partial charge in [-0.2, -0.15) is 13.2 Å². The second-order valence-electron chi connectivity index (χ2n) is 5.53. The normalized spacial score (nSPS) is 26.2. The Bertz CT molecular complexity index is 504. The Hall–Kier alpha value is -1.43. The minimum Gasteiger partial charge on any atom is -0.490 e. The van der Waals surface area contributed by atoms with Gasteiger partial charge in [0.05, 0.1) is 19.1 Å². The molecule has 21 heavy (non-hydrogen) atoms. The summed E-state index contributed by atoms with van der Waals surface area (Å²) in [5.74, 6) is 0.0556. The molecule has 6 heteroatoms. The summed E-state index contributed by atoms with van der Waals surface area (Å²) in [6.07, 6.45) is -3.10. The van der Waals surface area contributed by atoms with Gasteiger partial charge in [0.2, 0.25) is 0 Å². The molecule has 1 saturated heterocycles. The van der Waals surface area contributed by atoms with Gasteiger partial charge < -0.3 is 14.8 Å². The van der Waals surface area contributed by atoms with Crippen molar-refractivity contribution in [2.45, 2.75) is 31.5 Å². The Morgan fingerprint density at radius 1 is 1.10 bits per heavy atom. The number of ether oxygens (including phenoxy) is 2. The number of fused-ring (bicyclic) bond motifs is 1. The number of piperidine rings is 1. The molecule has 1 aromatic carbocycles. The lowest BCUT2D eigenvalue weighted by Crippen LogP contribution is -2.38. The Kier molecular flexibility index (Phi) is 3.97. The Labute approximate surface area is 121 Å². The SMILES string of the molecule is FC(F)(F)C1CCNC(c2ccc3c(c2)OCCCO3)C1. The van der Waals surface area contributed by atoms with Gasteiger partial charge in [-0.3, -0.25) is 0 Å². The highest BCUT2D eigenvalue weighted by molar-refractivity contribution is 5.44. The maximum absolute atomic E-state index is 12.9.